The van der Waals surface area contributed by atoms with Gasteiger partial charge in [-0.3, -0.25) is 14.9 Å². The van der Waals surface area contributed by atoms with Gasteiger partial charge in [0, 0.05) is 31.1 Å². The Bertz CT molecular complexity index is 1090. The first-order valence-electron chi connectivity index (χ1n) is 10.4. The van der Waals surface area contributed by atoms with Gasteiger partial charge < -0.3 is 10.1 Å². The van der Waals surface area contributed by atoms with Gasteiger partial charge in [-0.2, -0.15) is 4.31 Å². The fourth-order valence-corrected chi connectivity index (χ4v) is 5.38. The van der Waals surface area contributed by atoms with Crippen molar-refractivity contribution in [1.29, 1.82) is 0 Å². The van der Waals surface area contributed by atoms with Crippen molar-refractivity contribution < 1.29 is 22.9 Å². The molecule has 0 unspecified atom stereocenters. The molecule has 0 saturated carbocycles. The number of hydrogen-bond acceptors (Lipinski definition) is 6. The Balaban J connectivity index is 1.51. The third kappa shape index (κ3) is 5.63. The molecule has 0 aliphatic carbocycles. The van der Waals surface area contributed by atoms with Gasteiger partial charge in [-0.05, 0) is 49.9 Å². The van der Waals surface area contributed by atoms with E-state index in [9.17, 15) is 23.3 Å². The minimum Gasteiger partial charge on any atom is -0.492 e. The molecule has 1 saturated heterocycles. The fraction of sp³-hybridized carbons (Fsp3) is 0.409. The van der Waals surface area contributed by atoms with Crippen molar-refractivity contribution >= 4 is 21.6 Å². The number of benzene rings is 2. The first-order chi connectivity index (χ1) is 15.2. The molecule has 0 aromatic heterocycles. The second-order valence-electron chi connectivity index (χ2n) is 7.84. The highest BCUT2D eigenvalue weighted by molar-refractivity contribution is 7.89. The average Bonchev–Trinajstić information content (AvgIpc) is 2.76. The first kappa shape index (κ1) is 23.7. The lowest BCUT2D eigenvalue weighted by Gasteiger charge is -2.30. The molecule has 1 fully saturated rings. The van der Waals surface area contributed by atoms with Gasteiger partial charge >= 0.3 is 0 Å². The summed E-state index contributed by atoms with van der Waals surface area (Å²) >= 11 is 0. The fourth-order valence-electron chi connectivity index (χ4n) is 3.67. The molecule has 2 aromatic carbocycles. The Morgan fingerprint density at radius 2 is 1.91 bits per heavy atom. The zero-order valence-corrected chi connectivity index (χ0v) is 18.9. The lowest BCUT2D eigenvalue weighted by atomic mass is 9.97. The second kappa shape index (κ2) is 10.1. The largest absolute Gasteiger partial charge is 0.492 e. The number of nitrogens with zero attached hydrogens (tertiary/aromatic N) is 2. The van der Waals surface area contributed by atoms with E-state index in [2.05, 4.69) is 5.32 Å². The lowest BCUT2D eigenvalue weighted by Crippen LogP contribution is -2.43. The van der Waals surface area contributed by atoms with Crippen LogP contribution in [0.2, 0.25) is 0 Å². The van der Waals surface area contributed by atoms with Crippen LogP contribution in [-0.4, -0.2) is 49.8 Å². The maximum Gasteiger partial charge on any atom is 0.270 e. The number of carbonyl (C=O) groups excluding carboxylic acids is 1. The van der Waals surface area contributed by atoms with E-state index in [0.29, 0.717) is 31.6 Å². The molecule has 0 spiro atoms. The van der Waals surface area contributed by atoms with E-state index in [1.54, 1.807) is 6.92 Å². The Morgan fingerprint density at radius 1 is 1.19 bits per heavy atom. The molecule has 1 N–H and O–H groups in total. The number of nitrogens with one attached hydrogen (secondary N) is 1. The summed E-state index contributed by atoms with van der Waals surface area (Å²) in [6.07, 6.45) is 0.773. The molecule has 1 amide bonds. The summed E-state index contributed by atoms with van der Waals surface area (Å²) < 4.78 is 32.9. The molecule has 172 valence electrons. The van der Waals surface area contributed by atoms with Crippen LogP contribution in [0.25, 0.3) is 0 Å². The lowest BCUT2D eigenvalue weighted by molar-refractivity contribution is -0.385. The Labute approximate surface area is 187 Å². The van der Waals surface area contributed by atoms with Gasteiger partial charge in [0.25, 0.3) is 5.69 Å². The number of aryl methyl sites for hydroxylation is 2. The van der Waals surface area contributed by atoms with E-state index < -0.39 is 14.9 Å². The summed E-state index contributed by atoms with van der Waals surface area (Å²) in [5.74, 6) is 0.335. The van der Waals surface area contributed by atoms with Crippen LogP contribution in [0.4, 0.5) is 5.69 Å². The van der Waals surface area contributed by atoms with Crippen LogP contribution in [0.1, 0.15) is 24.0 Å². The van der Waals surface area contributed by atoms with Crippen molar-refractivity contribution in [3.8, 4) is 5.75 Å². The third-order valence-corrected chi connectivity index (χ3v) is 7.53. The predicted octanol–water partition coefficient (Wildman–Crippen LogP) is 2.81. The zero-order valence-electron chi connectivity index (χ0n) is 18.1. The van der Waals surface area contributed by atoms with E-state index in [1.165, 1.54) is 16.4 Å². The van der Waals surface area contributed by atoms with Crippen molar-refractivity contribution in [2.45, 2.75) is 31.6 Å². The average molecular weight is 462 g/mol. The summed E-state index contributed by atoms with van der Waals surface area (Å²) in [6, 6.07) is 11.5. The van der Waals surface area contributed by atoms with E-state index >= 15 is 0 Å². The Morgan fingerprint density at radius 3 is 2.56 bits per heavy atom. The number of carbonyl (C=O) groups is 1. The van der Waals surface area contributed by atoms with Crippen molar-refractivity contribution in [3.05, 3.63) is 63.7 Å². The molecule has 3 rings (SSSR count). The monoisotopic (exact) mass is 461 g/mol. The van der Waals surface area contributed by atoms with Crippen LogP contribution in [0.5, 0.6) is 5.75 Å². The van der Waals surface area contributed by atoms with Crippen LogP contribution in [0, 0.1) is 29.9 Å². The Kier molecular flexibility index (Phi) is 7.47. The van der Waals surface area contributed by atoms with E-state index in [4.69, 9.17) is 4.74 Å². The molecule has 1 aliphatic heterocycles. The summed E-state index contributed by atoms with van der Waals surface area (Å²) in [4.78, 5) is 22.8. The summed E-state index contributed by atoms with van der Waals surface area (Å²) in [5.41, 5.74) is 1.27. The quantitative estimate of drug-likeness (QED) is 0.367. The number of rotatable bonds is 8. The van der Waals surface area contributed by atoms with Gasteiger partial charge in [0.2, 0.25) is 15.9 Å². The maximum atomic E-state index is 13.0. The molecule has 10 heteroatoms. The number of non-ortho nitro benzene ring substituents is 1. The minimum atomic E-state index is -3.88. The van der Waals surface area contributed by atoms with Gasteiger partial charge in [-0.25, -0.2) is 8.42 Å². The van der Waals surface area contributed by atoms with Gasteiger partial charge in [-0.1, -0.05) is 18.2 Å². The molecule has 32 heavy (non-hydrogen) atoms. The van der Waals surface area contributed by atoms with Gasteiger partial charge in [-0.15, -0.1) is 0 Å². The smallest absolute Gasteiger partial charge is 0.270 e. The van der Waals surface area contributed by atoms with E-state index in [-0.39, 0.29) is 35.5 Å². The highest BCUT2D eigenvalue weighted by Crippen LogP contribution is 2.28. The molecule has 1 heterocycles. The molecule has 0 atom stereocenters. The van der Waals surface area contributed by atoms with Crippen molar-refractivity contribution in [2.24, 2.45) is 5.92 Å². The van der Waals surface area contributed by atoms with Crippen molar-refractivity contribution in [3.63, 3.8) is 0 Å². The van der Waals surface area contributed by atoms with Crippen LogP contribution in [-0.2, 0) is 14.8 Å². The minimum absolute atomic E-state index is 0.0668. The Hall–Kier alpha value is -2.98. The maximum absolute atomic E-state index is 13.0. The summed E-state index contributed by atoms with van der Waals surface area (Å²) in [6.45, 7) is 4.65. The molecule has 0 bridgehead atoms. The van der Waals surface area contributed by atoms with Gasteiger partial charge in [0.15, 0.2) is 0 Å². The number of sulfonamides is 1. The van der Waals surface area contributed by atoms with Gasteiger partial charge in [0.1, 0.15) is 12.4 Å². The highest BCUT2D eigenvalue weighted by Gasteiger charge is 2.33. The van der Waals surface area contributed by atoms with Crippen LogP contribution >= 0.6 is 0 Å². The molecule has 9 nitrogen and oxygen atoms in total. The van der Waals surface area contributed by atoms with Gasteiger partial charge in [0.05, 0.1) is 16.4 Å². The number of piperidine rings is 1. The number of nitro groups is 1. The molecule has 0 radical (unpaired) electrons. The topological polar surface area (TPSA) is 119 Å². The number of hydrogen-bond donors (Lipinski definition) is 1. The van der Waals surface area contributed by atoms with Crippen molar-refractivity contribution in [2.75, 3.05) is 26.2 Å². The summed E-state index contributed by atoms with van der Waals surface area (Å²) in [5, 5.41) is 13.9. The molecular weight excluding hydrogens is 434 g/mol. The third-order valence-electron chi connectivity index (χ3n) is 5.48. The number of amides is 1. The van der Waals surface area contributed by atoms with Crippen LogP contribution < -0.4 is 10.1 Å². The second-order valence-corrected chi connectivity index (χ2v) is 9.75. The highest BCUT2D eigenvalue weighted by atomic mass is 32.2. The SMILES string of the molecule is Cc1cccc(OCCNC(=O)C2CCN(S(=O)(=O)c3cc([N+](=O)[O-])ccc3C)CC2)c1. The van der Waals surface area contributed by atoms with Crippen LogP contribution in [0.15, 0.2) is 47.4 Å². The van der Waals surface area contributed by atoms with E-state index in [0.717, 1.165) is 17.4 Å². The van der Waals surface area contributed by atoms with Crippen LogP contribution in [0.3, 0.4) is 0 Å². The van der Waals surface area contributed by atoms with E-state index in [1.807, 2.05) is 31.2 Å². The summed E-state index contributed by atoms with van der Waals surface area (Å²) in [7, 11) is -3.88. The standard InChI is InChI=1S/C22H27N3O6S/c1-16-4-3-5-20(14-16)31-13-10-23-22(26)18-8-11-24(12-9-18)32(29,30)21-15-19(25(27)28)7-6-17(21)2/h3-7,14-15,18H,8-13H2,1-2H3,(H,23,26). The van der Waals surface area contributed by atoms with Crippen molar-refractivity contribution in [1.82, 2.24) is 9.62 Å². The normalized spacial score (nSPS) is 15.3. The molecule has 2 aromatic rings. The zero-order chi connectivity index (χ0) is 23.3. The predicted molar refractivity (Wildman–Crippen MR) is 119 cm³/mol. The number of nitro benzene ring substituents is 1. The molecule has 1 aliphatic rings. The first-order valence-corrected chi connectivity index (χ1v) is 11.8. The molecular formula is C22H27N3O6S. The number of ether oxygens (including phenoxy) is 1.